The van der Waals surface area contributed by atoms with Crippen LogP contribution in [0.5, 0.6) is 0 Å². The van der Waals surface area contributed by atoms with Crippen molar-refractivity contribution in [3.8, 4) is 0 Å². The molecule has 1 fully saturated rings. The van der Waals surface area contributed by atoms with Crippen molar-refractivity contribution in [2.45, 2.75) is 24.7 Å². The van der Waals surface area contributed by atoms with E-state index < -0.39 is 10.0 Å². The Morgan fingerprint density at radius 1 is 0.931 bits per heavy atom. The van der Waals surface area contributed by atoms with E-state index in [0.29, 0.717) is 4.90 Å². The topological polar surface area (TPSA) is 45.6 Å². The third-order valence-corrected chi connectivity index (χ3v) is 7.23. The van der Waals surface area contributed by atoms with Crippen molar-refractivity contribution in [3.05, 3.63) is 60.3 Å². The maximum Gasteiger partial charge on any atom is 0.268 e. The highest BCUT2D eigenvalue weighted by atomic mass is 35.5. The Morgan fingerprint density at radius 2 is 1.62 bits per heavy atom. The van der Waals surface area contributed by atoms with Crippen LogP contribution in [0.3, 0.4) is 0 Å². The van der Waals surface area contributed by atoms with Gasteiger partial charge in [-0.2, -0.15) is 0 Å². The van der Waals surface area contributed by atoms with E-state index >= 15 is 0 Å². The van der Waals surface area contributed by atoms with Crippen molar-refractivity contribution in [1.82, 2.24) is 8.87 Å². The van der Waals surface area contributed by atoms with E-state index in [2.05, 4.69) is 29.8 Å². The smallest absolute Gasteiger partial charge is 0.268 e. The largest absolute Gasteiger partial charge is 0.369 e. The standard InChI is InChI=1S/C22H27N3O2S.ClH/c1-3-4-18-5-8-21(9-6-18)28(26,27)25-12-11-19-17-20(7-10-22(19)25)24-15-13-23(2)14-16-24;/h5-12,17H,3-4,13-16H2,1-2H3;1H. The Hall–Kier alpha value is -2.02. The number of halogens is 1. The van der Waals surface area contributed by atoms with Gasteiger partial charge in [0, 0.05) is 43.4 Å². The Morgan fingerprint density at radius 3 is 2.28 bits per heavy atom. The van der Waals surface area contributed by atoms with Gasteiger partial charge in [0.25, 0.3) is 10.0 Å². The molecule has 5 nitrogen and oxygen atoms in total. The zero-order valence-corrected chi connectivity index (χ0v) is 18.5. The molecular weight excluding hydrogens is 406 g/mol. The minimum Gasteiger partial charge on any atom is -0.369 e. The lowest BCUT2D eigenvalue weighted by Gasteiger charge is -2.34. The van der Waals surface area contributed by atoms with Crippen molar-refractivity contribution < 1.29 is 8.42 Å². The number of hydrogen-bond donors (Lipinski definition) is 0. The molecule has 0 saturated carbocycles. The Kier molecular flexibility index (Phi) is 6.56. The molecule has 0 N–H and O–H groups in total. The first-order chi connectivity index (χ1) is 13.5. The minimum absolute atomic E-state index is 0. The monoisotopic (exact) mass is 433 g/mol. The van der Waals surface area contributed by atoms with Crippen LogP contribution in [0.4, 0.5) is 5.69 Å². The molecule has 0 aliphatic carbocycles. The van der Waals surface area contributed by atoms with Gasteiger partial charge >= 0.3 is 0 Å². The van der Waals surface area contributed by atoms with Crippen LogP contribution in [-0.4, -0.2) is 50.5 Å². The van der Waals surface area contributed by atoms with Gasteiger partial charge in [-0.05, 0) is 55.4 Å². The number of aryl methyl sites for hydroxylation is 1. The summed E-state index contributed by atoms with van der Waals surface area (Å²) in [5.74, 6) is 0. The maximum absolute atomic E-state index is 13.1. The fraction of sp³-hybridized carbons (Fsp3) is 0.364. The molecule has 0 amide bonds. The fourth-order valence-corrected chi connectivity index (χ4v) is 5.16. The second-order valence-electron chi connectivity index (χ2n) is 7.54. The highest BCUT2D eigenvalue weighted by molar-refractivity contribution is 7.90. The van der Waals surface area contributed by atoms with Crippen LogP contribution in [0.2, 0.25) is 0 Å². The van der Waals surface area contributed by atoms with Crippen LogP contribution in [0.25, 0.3) is 10.9 Å². The number of nitrogens with zero attached hydrogens (tertiary/aromatic N) is 3. The molecule has 2 aromatic carbocycles. The van der Waals surface area contributed by atoms with Crippen molar-refractivity contribution in [2.75, 3.05) is 38.1 Å². The van der Waals surface area contributed by atoms with E-state index in [1.165, 1.54) is 3.97 Å². The van der Waals surface area contributed by atoms with Crippen molar-refractivity contribution >= 4 is 39.0 Å². The van der Waals surface area contributed by atoms with Gasteiger partial charge in [-0.1, -0.05) is 25.5 Å². The van der Waals surface area contributed by atoms with Crippen LogP contribution < -0.4 is 4.90 Å². The van der Waals surface area contributed by atoms with Gasteiger partial charge in [-0.25, -0.2) is 12.4 Å². The van der Waals surface area contributed by atoms with Gasteiger partial charge < -0.3 is 9.80 Å². The highest BCUT2D eigenvalue weighted by Crippen LogP contribution is 2.27. The molecule has 1 aliphatic heterocycles. The first-order valence-electron chi connectivity index (χ1n) is 9.88. The van der Waals surface area contributed by atoms with Gasteiger partial charge in [0.15, 0.2) is 0 Å². The molecule has 0 spiro atoms. The number of hydrogen-bond acceptors (Lipinski definition) is 4. The maximum atomic E-state index is 13.1. The van der Waals surface area contributed by atoms with Crippen LogP contribution in [0.15, 0.2) is 59.6 Å². The lowest BCUT2D eigenvalue weighted by atomic mass is 10.1. The van der Waals surface area contributed by atoms with Crippen LogP contribution in [0.1, 0.15) is 18.9 Å². The summed E-state index contributed by atoms with van der Waals surface area (Å²) in [6, 6.07) is 15.2. The Balaban J connectivity index is 0.00000240. The molecule has 29 heavy (non-hydrogen) atoms. The van der Waals surface area contributed by atoms with Crippen LogP contribution in [0, 0.1) is 0 Å². The Labute approximate surface area is 179 Å². The van der Waals surface area contributed by atoms with E-state index in [9.17, 15) is 8.42 Å². The van der Waals surface area contributed by atoms with Gasteiger partial charge in [-0.15, -0.1) is 12.4 Å². The average molecular weight is 434 g/mol. The van der Waals surface area contributed by atoms with Crippen LogP contribution >= 0.6 is 12.4 Å². The predicted octanol–water partition coefficient (Wildman–Crippen LogP) is 4.00. The molecule has 1 aromatic heterocycles. The van der Waals surface area contributed by atoms with E-state index in [1.54, 1.807) is 18.3 Å². The van der Waals surface area contributed by atoms with Crippen molar-refractivity contribution in [1.29, 1.82) is 0 Å². The van der Waals surface area contributed by atoms with Crippen molar-refractivity contribution in [3.63, 3.8) is 0 Å². The first kappa shape index (κ1) is 21.7. The van der Waals surface area contributed by atoms with E-state index in [-0.39, 0.29) is 12.4 Å². The predicted molar refractivity (Wildman–Crippen MR) is 122 cm³/mol. The number of aromatic nitrogens is 1. The van der Waals surface area contributed by atoms with E-state index in [0.717, 1.165) is 61.2 Å². The van der Waals surface area contributed by atoms with E-state index in [4.69, 9.17) is 0 Å². The summed E-state index contributed by atoms with van der Waals surface area (Å²) >= 11 is 0. The molecule has 4 rings (SSSR count). The summed E-state index contributed by atoms with van der Waals surface area (Å²) in [7, 11) is -1.46. The van der Waals surface area contributed by atoms with Crippen molar-refractivity contribution in [2.24, 2.45) is 0 Å². The molecular formula is C22H28ClN3O2S. The summed E-state index contributed by atoms with van der Waals surface area (Å²) in [6.45, 7) is 6.19. The summed E-state index contributed by atoms with van der Waals surface area (Å²) in [4.78, 5) is 5.01. The normalized spacial score (nSPS) is 15.4. The lowest BCUT2D eigenvalue weighted by molar-refractivity contribution is 0.313. The van der Waals surface area contributed by atoms with Gasteiger partial charge in [0.1, 0.15) is 0 Å². The molecule has 0 bridgehead atoms. The zero-order valence-electron chi connectivity index (χ0n) is 16.9. The summed E-state index contributed by atoms with van der Waals surface area (Å²) in [6.07, 6.45) is 3.67. The quantitative estimate of drug-likeness (QED) is 0.610. The summed E-state index contributed by atoms with van der Waals surface area (Å²) < 4.78 is 27.7. The summed E-state index contributed by atoms with van der Waals surface area (Å²) in [5.41, 5.74) is 3.03. The number of fused-ring (bicyclic) bond motifs is 1. The molecule has 3 aromatic rings. The third-order valence-electron chi connectivity index (χ3n) is 5.53. The molecule has 1 aliphatic rings. The number of likely N-dealkylation sites (N-methyl/N-ethyl adjacent to an activating group) is 1. The minimum atomic E-state index is -3.60. The molecule has 2 heterocycles. The molecule has 1 saturated heterocycles. The highest BCUT2D eigenvalue weighted by Gasteiger charge is 2.20. The lowest BCUT2D eigenvalue weighted by Crippen LogP contribution is -2.44. The average Bonchev–Trinajstić information content (AvgIpc) is 3.13. The molecule has 0 unspecified atom stereocenters. The SMILES string of the molecule is CCCc1ccc(S(=O)(=O)n2ccc3cc(N4CCN(C)CC4)ccc32)cc1.Cl. The number of benzene rings is 2. The number of rotatable bonds is 5. The van der Waals surface area contributed by atoms with E-state index in [1.807, 2.05) is 30.3 Å². The summed E-state index contributed by atoms with van der Waals surface area (Å²) in [5, 5.41) is 0.947. The third kappa shape index (κ3) is 4.29. The first-order valence-corrected chi connectivity index (χ1v) is 11.3. The molecule has 0 atom stereocenters. The Bertz CT molecular complexity index is 1070. The zero-order chi connectivity index (χ0) is 19.7. The van der Waals surface area contributed by atoms with Gasteiger partial charge in [0.2, 0.25) is 0 Å². The van der Waals surface area contributed by atoms with Gasteiger partial charge in [-0.3, -0.25) is 0 Å². The molecule has 156 valence electrons. The fourth-order valence-electron chi connectivity index (χ4n) is 3.81. The number of anilines is 1. The second kappa shape index (κ2) is 8.78. The van der Waals surface area contributed by atoms with Gasteiger partial charge in [0.05, 0.1) is 10.4 Å². The molecule has 0 radical (unpaired) electrons. The number of piperazine rings is 1. The van der Waals surface area contributed by atoms with Crippen LogP contribution in [-0.2, 0) is 16.4 Å². The second-order valence-corrected chi connectivity index (χ2v) is 9.36. The molecule has 7 heteroatoms.